The Balaban J connectivity index is 2.08. The molecule has 0 spiro atoms. The van der Waals surface area contributed by atoms with E-state index in [0.29, 0.717) is 39.3 Å². The zero-order valence-electron chi connectivity index (χ0n) is 14.8. The van der Waals surface area contributed by atoms with Gasteiger partial charge in [0.25, 0.3) is 0 Å². The molecule has 2 aromatic rings. The standard InChI is InChI=1S/C20H19Cl2NO3/c1-23-7-6-12-9-18(25-2)19(26-3)10-13(12)8-17(23)20(24)15-5-4-14(21)11-16(15)22/h4-5,8-11H,6-7H2,1-3H3. The Hall–Kier alpha value is -2.17. The summed E-state index contributed by atoms with van der Waals surface area (Å²) in [7, 11) is 5.10. The van der Waals surface area contributed by atoms with Gasteiger partial charge in [-0.1, -0.05) is 23.2 Å². The molecule has 0 saturated carbocycles. The maximum absolute atomic E-state index is 13.1. The summed E-state index contributed by atoms with van der Waals surface area (Å²) in [6, 6.07) is 8.75. The van der Waals surface area contributed by atoms with Crippen molar-refractivity contribution in [2.24, 2.45) is 0 Å². The van der Waals surface area contributed by atoms with Crippen LogP contribution in [0.3, 0.4) is 0 Å². The smallest absolute Gasteiger partial charge is 0.210 e. The van der Waals surface area contributed by atoms with Crippen molar-refractivity contribution in [3.8, 4) is 11.5 Å². The van der Waals surface area contributed by atoms with E-state index in [1.165, 1.54) is 0 Å². The highest BCUT2D eigenvalue weighted by Crippen LogP contribution is 2.34. The number of ether oxygens (including phenoxy) is 2. The van der Waals surface area contributed by atoms with Gasteiger partial charge in [-0.05, 0) is 54.0 Å². The second-order valence-electron chi connectivity index (χ2n) is 6.06. The highest BCUT2D eigenvalue weighted by Gasteiger charge is 2.23. The van der Waals surface area contributed by atoms with Crippen LogP contribution < -0.4 is 9.47 Å². The van der Waals surface area contributed by atoms with E-state index < -0.39 is 0 Å². The molecule has 0 radical (unpaired) electrons. The Bertz CT molecular complexity index is 893. The molecule has 0 N–H and O–H groups in total. The average Bonchev–Trinajstić information content (AvgIpc) is 2.78. The summed E-state index contributed by atoms with van der Waals surface area (Å²) in [5.41, 5.74) is 3.03. The van der Waals surface area contributed by atoms with E-state index in [9.17, 15) is 4.79 Å². The third kappa shape index (κ3) is 3.53. The molecule has 1 aliphatic heterocycles. The number of Topliss-reactive ketones (excluding diaryl/α,β-unsaturated/α-hetero) is 1. The van der Waals surface area contributed by atoms with Gasteiger partial charge in [-0.25, -0.2) is 0 Å². The fourth-order valence-corrected chi connectivity index (χ4v) is 3.50. The van der Waals surface area contributed by atoms with Gasteiger partial charge in [-0.2, -0.15) is 0 Å². The Morgan fingerprint density at radius 2 is 1.77 bits per heavy atom. The molecule has 1 aliphatic rings. The molecule has 0 bridgehead atoms. The highest BCUT2D eigenvalue weighted by atomic mass is 35.5. The summed E-state index contributed by atoms with van der Waals surface area (Å²) in [5, 5.41) is 0.838. The molecule has 6 heteroatoms. The van der Waals surface area contributed by atoms with Gasteiger partial charge >= 0.3 is 0 Å². The lowest BCUT2D eigenvalue weighted by molar-refractivity contribution is 0.100. The Morgan fingerprint density at radius 3 is 2.42 bits per heavy atom. The monoisotopic (exact) mass is 391 g/mol. The number of carbonyl (C=O) groups excluding carboxylic acids is 1. The quantitative estimate of drug-likeness (QED) is 0.706. The first-order valence-corrected chi connectivity index (χ1v) is 8.87. The fraction of sp³-hybridized carbons (Fsp3) is 0.250. The number of ketones is 1. The van der Waals surface area contributed by atoms with Gasteiger partial charge in [0.2, 0.25) is 5.78 Å². The molecular formula is C20H19Cl2NO3. The first-order valence-electron chi connectivity index (χ1n) is 8.12. The van der Waals surface area contributed by atoms with Gasteiger partial charge in [0.05, 0.1) is 24.9 Å². The summed E-state index contributed by atoms with van der Waals surface area (Å²) in [5.74, 6) is 1.16. The number of nitrogens with zero attached hydrogens (tertiary/aromatic N) is 1. The van der Waals surface area contributed by atoms with Crippen molar-refractivity contribution < 1.29 is 14.3 Å². The molecule has 0 atom stereocenters. The highest BCUT2D eigenvalue weighted by molar-refractivity contribution is 6.37. The summed E-state index contributed by atoms with van der Waals surface area (Å²) in [6.07, 6.45) is 2.66. The summed E-state index contributed by atoms with van der Waals surface area (Å²) in [6.45, 7) is 0.700. The molecule has 2 aromatic carbocycles. The van der Waals surface area contributed by atoms with Crippen LogP contribution in [0.4, 0.5) is 0 Å². The van der Waals surface area contributed by atoms with E-state index in [-0.39, 0.29) is 5.78 Å². The first kappa shape index (κ1) is 18.6. The zero-order chi connectivity index (χ0) is 18.8. The molecule has 0 aliphatic carbocycles. The van der Waals surface area contributed by atoms with Crippen molar-refractivity contribution in [1.29, 1.82) is 0 Å². The predicted octanol–water partition coefficient (Wildman–Crippen LogP) is 4.72. The van der Waals surface area contributed by atoms with Crippen molar-refractivity contribution in [1.82, 2.24) is 4.90 Å². The second-order valence-corrected chi connectivity index (χ2v) is 6.90. The molecule has 136 valence electrons. The topological polar surface area (TPSA) is 38.8 Å². The van der Waals surface area contributed by atoms with E-state index in [4.69, 9.17) is 32.7 Å². The number of halogens is 2. The number of carbonyl (C=O) groups is 1. The first-order chi connectivity index (χ1) is 12.4. The summed E-state index contributed by atoms with van der Waals surface area (Å²) in [4.78, 5) is 15.0. The van der Waals surface area contributed by atoms with Gasteiger partial charge in [-0.15, -0.1) is 0 Å². The molecule has 1 heterocycles. The second kappa shape index (κ2) is 7.60. The van der Waals surface area contributed by atoms with Crippen LogP contribution in [0.15, 0.2) is 36.0 Å². The van der Waals surface area contributed by atoms with Gasteiger partial charge < -0.3 is 14.4 Å². The number of benzene rings is 2. The number of hydrogen-bond acceptors (Lipinski definition) is 4. The van der Waals surface area contributed by atoms with Crippen molar-refractivity contribution in [3.63, 3.8) is 0 Å². The van der Waals surface area contributed by atoms with Crippen LogP contribution in [0, 0.1) is 0 Å². The van der Waals surface area contributed by atoms with E-state index in [1.807, 2.05) is 30.2 Å². The third-order valence-electron chi connectivity index (χ3n) is 4.47. The van der Waals surface area contributed by atoms with Crippen LogP contribution in [0.2, 0.25) is 10.0 Å². The van der Waals surface area contributed by atoms with Crippen LogP contribution in [-0.4, -0.2) is 38.5 Å². The summed E-state index contributed by atoms with van der Waals surface area (Å²) < 4.78 is 10.8. The van der Waals surface area contributed by atoms with E-state index >= 15 is 0 Å². The number of allylic oxidation sites excluding steroid dienone is 1. The molecule has 0 saturated heterocycles. The maximum atomic E-state index is 13.1. The van der Waals surface area contributed by atoms with Crippen molar-refractivity contribution in [2.75, 3.05) is 27.8 Å². The SMILES string of the molecule is COc1cc2c(cc1OC)CCN(C)C(C(=O)c1ccc(Cl)cc1Cl)=C2. The van der Waals surface area contributed by atoms with Crippen LogP contribution in [-0.2, 0) is 6.42 Å². The minimum absolute atomic E-state index is 0.142. The Morgan fingerprint density at radius 1 is 1.08 bits per heavy atom. The largest absolute Gasteiger partial charge is 0.493 e. The molecular weight excluding hydrogens is 373 g/mol. The Labute approximate surface area is 162 Å². The molecule has 0 aromatic heterocycles. The lowest BCUT2D eigenvalue weighted by Gasteiger charge is -2.20. The number of rotatable bonds is 4. The van der Waals surface area contributed by atoms with Crippen LogP contribution in [0.25, 0.3) is 6.08 Å². The number of hydrogen-bond donors (Lipinski definition) is 0. The zero-order valence-corrected chi connectivity index (χ0v) is 16.3. The van der Waals surface area contributed by atoms with E-state index in [2.05, 4.69) is 0 Å². The molecule has 26 heavy (non-hydrogen) atoms. The predicted molar refractivity (Wildman–Crippen MR) is 105 cm³/mol. The maximum Gasteiger partial charge on any atom is 0.210 e. The van der Waals surface area contributed by atoms with E-state index in [1.54, 1.807) is 32.4 Å². The molecule has 4 nitrogen and oxygen atoms in total. The van der Waals surface area contributed by atoms with Crippen LogP contribution in [0.5, 0.6) is 11.5 Å². The lowest BCUT2D eigenvalue weighted by atomic mass is 10.0. The van der Waals surface area contributed by atoms with Crippen LogP contribution >= 0.6 is 23.2 Å². The molecule has 0 unspecified atom stereocenters. The van der Waals surface area contributed by atoms with Crippen molar-refractivity contribution in [2.45, 2.75) is 6.42 Å². The van der Waals surface area contributed by atoms with Crippen molar-refractivity contribution >= 4 is 35.1 Å². The van der Waals surface area contributed by atoms with Crippen molar-refractivity contribution in [3.05, 3.63) is 62.8 Å². The van der Waals surface area contributed by atoms with Gasteiger partial charge in [0.1, 0.15) is 0 Å². The number of fused-ring (bicyclic) bond motifs is 1. The normalized spacial score (nSPS) is 13.6. The summed E-state index contributed by atoms with van der Waals surface area (Å²) >= 11 is 12.2. The molecule has 0 amide bonds. The minimum Gasteiger partial charge on any atom is -0.493 e. The number of methoxy groups -OCH3 is 2. The minimum atomic E-state index is -0.142. The molecule has 0 fully saturated rings. The lowest BCUT2D eigenvalue weighted by Crippen LogP contribution is -2.24. The fourth-order valence-electron chi connectivity index (χ4n) is 3.00. The van der Waals surface area contributed by atoms with Crippen LogP contribution in [0.1, 0.15) is 21.5 Å². The third-order valence-corrected chi connectivity index (χ3v) is 5.02. The average molecular weight is 392 g/mol. The van der Waals surface area contributed by atoms with Gasteiger partial charge in [0.15, 0.2) is 11.5 Å². The Kier molecular flexibility index (Phi) is 5.44. The molecule has 3 rings (SSSR count). The van der Waals surface area contributed by atoms with Gasteiger partial charge in [-0.3, -0.25) is 4.79 Å². The van der Waals surface area contributed by atoms with Gasteiger partial charge in [0, 0.05) is 24.2 Å². The van der Waals surface area contributed by atoms with E-state index in [0.717, 1.165) is 17.5 Å². The number of likely N-dealkylation sites (N-methyl/N-ethyl adjacent to an activating group) is 1.